The van der Waals surface area contributed by atoms with Crippen LogP contribution in [0.1, 0.15) is 92.4 Å². The highest BCUT2D eigenvalue weighted by Crippen LogP contribution is 2.70. The monoisotopic (exact) mass is 455 g/mol. The molecule has 33 heavy (non-hydrogen) atoms. The van der Waals surface area contributed by atoms with Gasteiger partial charge in [-0.1, -0.05) is 39.3 Å². The summed E-state index contributed by atoms with van der Waals surface area (Å²) in [4.78, 5) is 14.9. The Balaban J connectivity index is 1.30. The van der Waals surface area contributed by atoms with Crippen LogP contribution < -0.4 is 0 Å². The van der Waals surface area contributed by atoms with Crippen molar-refractivity contribution >= 4 is 5.91 Å². The van der Waals surface area contributed by atoms with Gasteiger partial charge in [-0.2, -0.15) is 0 Å². The summed E-state index contributed by atoms with van der Waals surface area (Å²) in [7, 11) is 0. The van der Waals surface area contributed by atoms with Crippen molar-refractivity contribution in [2.75, 3.05) is 6.54 Å². The summed E-state index contributed by atoms with van der Waals surface area (Å²) >= 11 is 0. The summed E-state index contributed by atoms with van der Waals surface area (Å²) in [6.45, 7) is 12.4. The van der Waals surface area contributed by atoms with Gasteiger partial charge < -0.3 is 14.7 Å². The molecular weight excluding hydrogens is 410 g/mol. The minimum atomic E-state index is -0.371. The van der Waals surface area contributed by atoms with E-state index in [1.165, 1.54) is 25.7 Å². The molecule has 4 heteroatoms. The van der Waals surface area contributed by atoms with Crippen molar-refractivity contribution in [2.24, 2.45) is 46.3 Å². The molecule has 1 spiro atoms. The fraction of sp³-hybridized carbons (Fsp3) is 0.897. The Morgan fingerprint density at radius 1 is 1.12 bits per heavy atom. The van der Waals surface area contributed by atoms with E-state index in [4.69, 9.17) is 4.74 Å². The number of nitrogens with zero attached hydrogens (tertiary/aromatic N) is 1. The summed E-state index contributed by atoms with van der Waals surface area (Å²) in [5, 5.41) is 10.3. The Bertz CT molecular complexity index is 869. The highest BCUT2D eigenvalue weighted by atomic mass is 16.5. The molecular formula is C29H45NO3. The second kappa shape index (κ2) is 7.32. The molecule has 3 saturated carbocycles. The van der Waals surface area contributed by atoms with Gasteiger partial charge in [0.05, 0.1) is 12.2 Å². The molecule has 184 valence electrons. The summed E-state index contributed by atoms with van der Waals surface area (Å²) < 4.78 is 7.09. The molecule has 0 aromatic heterocycles. The van der Waals surface area contributed by atoms with Crippen molar-refractivity contribution in [3.05, 3.63) is 11.6 Å². The molecule has 6 rings (SSSR count). The van der Waals surface area contributed by atoms with Crippen LogP contribution in [0.15, 0.2) is 11.6 Å². The smallest absolute Gasteiger partial charge is 0.221 e. The van der Waals surface area contributed by atoms with Crippen molar-refractivity contribution in [1.82, 2.24) is 4.90 Å². The van der Waals surface area contributed by atoms with Crippen molar-refractivity contribution in [2.45, 2.75) is 110 Å². The van der Waals surface area contributed by atoms with Gasteiger partial charge in [0, 0.05) is 19.4 Å². The van der Waals surface area contributed by atoms with Crippen LogP contribution in [0.2, 0.25) is 0 Å². The topological polar surface area (TPSA) is 49.8 Å². The summed E-state index contributed by atoms with van der Waals surface area (Å²) in [5.41, 5.74) is 1.79. The first kappa shape index (κ1) is 22.6. The lowest BCUT2D eigenvalue weighted by Gasteiger charge is -2.59. The highest BCUT2D eigenvalue weighted by molar-refractivity contribution is 5.74. The van der Waals surface area contributed by atoms with E-state index < -0.39 is 0 Å². The minimum absolute atomic E-state index is 0.131. The minimum Gasteiger partial charge on any atom is -0.393 e. The van der Waals surface area contributed by atoms with E-state index in [9.17, 15) is 9.90 Å². The number of fused-ring (bicyclic) bond motifs is 7. The van der Waals surface area contributed by atoms with Crippen LogP contribution in [0.25, 0.3) is 0 Å². The van der Waals surface area contributed by atoms with E-state index >= 15 is 0 Å². The predicted molar refractivity (Wildman–Crippen MR) is 129 cm³/mol. The summed E-state index contributed by atoms with van der Waals surface area (Å²) in [5.74, 6) is 3.95. The van der Waals surface area contributed by atoms with Crippen LogP contribution >= 0.6 is 0 Å². The lowest BCUT2D eigenvalue weighted by atomic mass is 9.47. The van der Waals surface area contributed by atoms with Gasteiger partial charge in [-0.15, -0.1) is 0 Å². The SMILES string of the molecule is CC(=O)N1C[C@H](C)CC[C@]12O[C@@H]1C[C@@H]3[C@H]4CC=C5C[C@@H](O)CC[C@]5(C)[C@@H]4CC[C@]3(C)[C@@H]1[C@H]2C. The predicted octanol–water partition coefficient (Wildman–Crippen LogP) is 5.55. The lowest BCUT2D eigenvalue weighted by Crippen LogP contribution is -2.60. The van der Waals surface area contributed by atoms with Gasteiger partial charge in [0.1, 0.15) is 5.72 Å². The zero-order valence-electron chi connectivity index (χ0n) is 21.5. The standard InChI is InChI=1S/C29H45NO3/c1-17-8-13-29(30(16-17)19(3)31)18(2)26-25(33-29)15-24-22-7-6-20-14-21(32)9-11-27(20,4)23(22)10-12-28(24,26)5/h6,17-18,21-26,32H,7-16H2,1-5H3/t17-,18-,21+,22+,23-,24-,25-,26-,27+,28+,29-/m1/s1. The van der Waals surface area contributed by atoms with Crippen LogP contribution in [-0.4, -0.2) is 40.4 Å². The molecule has 0 bridgehead atoms. The third-order valence-corrected chi connectivity index (χ3v) is 12.1. The molecule has 0 radical (unpaired) electrons. The number of aliphatic hydroxyl groups is 1. The fourth-order valence-corrected chi connectivity index (χ4v) is 10.5. The average Bonchev–Trinajstić information content (AvgIpc) is 3.21. The first-order valence-corrected chi connectivity index (χ1v) is 13.9. The van der Waals surface area contributed by atoms with E-state index in [0.29, 0.717) is 34.7 Å². The molecule has 2 aliphatic heterocycles. The van der Waals surface area contributed by atoms with Gasteiger partial charge in [0.25, 0.3) is 0 Å². The van der Waals surface area contributed by atoms with Gasteiger partial charge in [0.2, 0.25) is 5.91 Å². The van der Waals surface area contributed by atoms with E-state index in [0.717, 1.165) is 56.4 Å². The molecule has 4 nitrogen and oxygen atoms in total. The van der Waals surface area contributed by atoms with E-state index in [1.54, 1.807) is 12.5 Å². The Hall–Kier alpha value is -0.870. The zero-order valence-corrected chi connectivity index (χ0v) is 21.5. The van der Waals surface area contributed by atoms with Crippen LogP contribution in [0.3, 0.4) is 0 Å². The molecule has 2 saturated heterocycles. The van der Waals surface area contributed by atoms with Crippen molar-refractivity contribution in [1.29, 1.82) is 0 Å². The van der Waals surface area contributed by atoms with Gasteiger partial charge in [0.15, 0.2) is 0 Å². The number of likely N-dealkylation sites (tertiary alicyclic amines) is 1. The Kier molecular flexibility index (Phi) is 5.01. The average molecular weight is 456 g/mol. The van der Waals surface area contributed by atoms with Crippen LogP contribution in [0.5, 0.6) is 0 Å². The number of aliphatic hydroxyl groups excluding tert-OH is 1. The number of hydrogen-bond donors (Lipinski definition) is 1. The first-order chi connectivity index (χ1) is 15.6. The molecule has 11 atom stereocenters. The van der Waals surface area contributed by atoms with Crippen molar-refractivity contribution < 1.29 is 14.6 Å². The van der Waals surface area contributed by atoms with Crippen LogP contribution in [0, 0.1) is 46.3 Å². The Morgan fingerprint density at radius 2 is 1.91 bits per heavy atom. The molecule has 0 aromatic rings. The third-order valence-electron chi connectivity index (χ3n) is 12.1. The lowest BCUT2D eigenvalue weighted by molar-refractivity contribution is -0.200. The van der Waals surface area contributed by atoms with Crippen molar-refractivity contribution in [3.8, 4) is 0 Å². The largest absolute Gasteiger partial charge is 0.393 e. The van der Waals surface area contributed by atoms with E-state index in [-0.39, 0.29) is 17.7 Å². The molecule has 1 amide bonds. The zero-order chi connectivity index (χ0) is 23.3. The molecule has 6 aliphatic rings. The third kappa shape index (κ3) is 2.92. The number of allylic oxidation sites excluding steroid dienone is 1. The van der Waals surface area contributed by atoms with Crippen molar-refractivity contribution in [3.63, 3.8) is 0 Å². The number of piperidine rings is 1. The van der Waals surface area contributed by atoms with Gasteiger partial charge in [-0.05, 0) is 98.2 Å². The fourth-order valence-electron chi connectivity index (χ4n) is 10.5. The quantitative estimate of drug-likeness (QED) is 0.488. The number of carbonyl (C=O) groups is 1. The maximum Gasteiger partial charge on any atom is 0.221 e. The second-order valence-electron chi connectivity index (χ2n) is 13.5. The molecule has 0 aromatic carbocycles. The second-order valence-corrected chi connectivity index (χ2v) is 13.5. The van der Waals surface area contributed by atoms with E-state index in [2.05, 4.69) is 38.7 Å². The number of rotatable bonds is 0. The van der Waals surface area contributed by atoms with E-state index in [1.807, 2.05) is 0 Å². The summed E-state index contributed by atoms with van der Waals surface area (Å²) in [6, 6.07) is 0. The number of ether oxygens (including phenoxy) is 1. The highest BCUT2D eigenvalue weighted by Gasteiger charge is 2.69. The first-order valence-electron chi connectivity index (χ1n) is 13.9. The maximum atomic E-state index is 12.7. The molecule has 4 aliphatic carbocycles. The molecule has 1 N–H and O–H groups in total. The Morgan fingerprint density at radius 3 is 2.67 bits per heavy atom. The van der Waals surface area contributed by atoms with Gasteiger partial charge in [-0.3, -0.25) is 4.79 Å². The summed E-state index contributed by atoms with van der Waals surface area (Å²) in [6.07, 6.45) is 12.9. The maximum absolute atomic E-state index is 12.7. The number of hydrogen-bond acceptors (Lipinski definition) is 3. The number of carbonyl (C=O) groups excluding carboxylic acids is 1. The van der Waals surface area contributed by atoms with Crippen LogP contribution in [-0.2, 0) is 9.53 Å². The Labute approximate surface area is 200 Å². The molecule has 5 fully saturated rings. The molecule has 0 unspecified atom stereocenters. The van der Waals surface area contributed by atoms with Crippen LogP contribution in [0.4, 0.5) is 0 Å². The molecule has 2 heterocycles. The normalized spacial score (nSPS) is 55.5. The van der Waals surface area contributed by atoms with Gasteiger partial charge in [-0.25, -0.2) is 0 Å². The number of amides is 1. The van der Waals surface area contributed by atoms with Gasteiger partial charge >= 0.3 is 0 Å².